The Morgan fingerprint density at radius 1 is 1.38 bits per heavy atom. The molecule has 0 aromatic carbocycles. The second-order valence-corrected chi connectivity index (χ2v) is 8.56. The highest BCUT2D eigenvalue weighted by Gasteiger charge is 2.64. The number of aliphatic hydroxyl groups excluding tert-OH is 1. The van der Waals surface area contributed by atoms with Crippen molar-refractivity contribution in [3.8, 4) is 0 Å². The van der Waals surface area contributed by atoms with Crippen molar-refractivity contribution in [2.75, 3.05) is 21.2 Å². The Kier molecular flexibility index (Phi) is 5.21. The number of amides is 1. The van der Waals surface area contributed by atoms with E-state index in [9.17, 15) is 19.5 Å². The summed E-state index contributed by atoms with van der Waals surface area (Å²) in [5.41, 5.74) is 11.4. The fourth-order valence-corrected chi connectivity index (χ4v) is 5.62. The molecule has 5 atom stereocenters. The SMILES string of the molecule is COC1=C2C(=O)C=C(C)C[C@H]2C[C@H]2[C@H](N(C)C)C(=O)C(C(N)=O)=C(O)[C@@]12C(C)N. The molecule has 0 radical (unpaired) electrons. The van der Waals surface area contributed by atoms with E-state index in [0.717, 1.165) is 5.57 Å². The van der Waals surface area contributed by atoms with Crippen molar-refractivity contribution in [1.29, 1.82) is 0 Å². The predicted molar refractivity (Wildman–Crippen MR) is 106 cm³/mol. The number of nitrogens with two attached hydrogens (primary N) is 2. The molecule has 0 spiro atoms. The maximum absolute atomic E-state index is 13.2. The summed E-state index contributed by atoms with van der Waals surface area (Å²) in [6.07, 6.45) is 2.67. The lowest BCUT2D eigenvalue weighted by molar-refractivity contribution is -0.131. The lowest BCUT2D eigenvalue weighted by Crippen LogP contribution is -2.63. The molecule has 0 aliphatic heterocycles. The first-order valence-corrected chi connectivity index (χ1v) is 9.69. The second kappa shape index (κ2) is 7.11. The van der Waals surface area contributed by atoms with Crippen LogP contribution < -0.4 is 11.5 Å². The number of carbonyl (C=O) groups excluding carboxylic acids is 3. The number of Topliss-reactive ketones (excluding diaryl/α,β-unsaturated/α-hetero) is 1. The minimum Gasteiger partial charge on any atom is -0.510 e. The molecule has 8 nitrogen and oxygen atoms in total. The van der Waals surface area contributed by atoms with Crippen LogP contribution in [0.3, 0.4) is 0 Å². The molecule has 158 valence electrons. The first-order valence-electron chi connectivity index (χ1n) is 9.69. The molecule has 1 amide bonds. The number of nitrogens with zero attached hydrogens (tertiary/aromatic N) is 1. The van der Waals surface area contributed by atoms with Crippen LogP contribution in [-0.4, -0.2) is 60.8 Å². The van der Waals surface area contributed by atoms with Gasteiger partial charge in [0.2, 0.25) is 0 Å². The average molecular weight is 403 g/mol. The number of rotatable bonds is 4. The second-order valence-electron chi connectivity index (χ2n) is 8.56. The summed E-state index contributed by atoms with van der Waals surface area (Å²) < 4.78 is 5.74. The number of ether oxygens (including phenoxy) is 1. The molecular formula is C21H29N3O5. The minimum absolute atomic E-state index is 0.155. The topological polar surface area (TPSA) is 136 Å². The summed E-state index contributed by atoms with van der Waals surface area (Å²) in [5.74, 6) is -2.65. The Balaban J connectivity index is 2.45. The predicted octanol–water partition coefficient (Wildman–Crippen LogP) is 0.586. The van der Waals surface area contributed by atoms with E-state index in [1.54, 1.807) is 32.0 Å². The van der Waals surface area contributed by atoms with Gasteiger partial charge in [-0.1, -0.05) is 5.57 Å². The molecule has 0 heterocycles. The number of ketones is 2. The van der Waals surface area contributed by atoms with Crippen LogP contribution in [-0.2, 0) is 19.1 Å². The number of primary amides is 1. The van der Waals surface area contributed by atoms with E-state index in [4.69, 9.17) is 16.2 Å². The van der Waals surface area contributed by atoms with Crippen LogP contribution in [0.1, 0.15) is 26.7 Å². The fraction of sp³-hybridized carbons (Fsp3) is 0.571. The molecule has 0 saturated carbocycles. The molecule has 3 rings (SSSR count). The molecule has 0 fully saturated rings. The molecule has 29 heavy (non-hydrogen) atoms. The van der Waals surface area contributed by atoms with Gasteiger partial charge >= 0.3 is 0 Å². The average Bonchev–Trinajstić information content (AvgIpc) is 2.58. The van der Waals surface area contributed by atoms with Gasteiger partial charge in [0.1, 0.15) is 22.5 Å². The summed E-state index contributed by atoms with van der Waals surface area (Å²) >= 11 is 0. The Bertz CT molecular complexity index is 883. The van der Waals surface area contributed by atoms with Gasteiger partial charge in [0.05, 0.1) is 13.2 Å². The number of methoxy groups -OCH3 is 1. The van der Waals surface area contributed by atoms with Gasteiger partial charge in [-0.3, -0.25) is 19.3 Å². The lowest BCUT2D eigenvalue weighted by atomic mass is 9.52. The van der Waals surface area contributed by atoms with Gasteiger partial charge in [0, 0.05) is 17.5 Å². The standard InChI is InChI=1S/C21H29N3O5/c1-9-6-11-8-12-16(24(3)4)17(26)15(20(23)28)18(27)21(12,10(2)22)19(29-5)14(11)13(25)7-9/h7,10-12,16,27H,6,8,22H2,1-5H3,(H2,23,28)/t10?,11-,12-,16-,21-/m0/s1. The van der Waals surface area contributed by atoms with Crippen LogP contribution in [0.2, 0.25) is 0 Å². The monoisotopic (exact) mass is 403 g/mol. The van der Waals surface area contributed by atoms with Gasteiger partial charge in [0.15, 0.2) is 11.6 Å². The lowest BCUT2D eigenvalue weighted by Gasteiger charge is -2.55. The third kappa shape index (κ3) is 2.77. The van der Waals surface area contributed by atoms with E-state index in [0.29, 0.717) is 18.4 Å². The van der Waals surface area contributed by atoms with E-state index in [2.05, 4.69) is 0 Å². The largest absolute Gasteiger partial charge is 0.510 e. The van der Waals surface area contributed by atoms with Crippen molar-refractivity contribution >= 4 is 17.5 Å². The van der Waals surface area contributed by atoms with Crippen LogP contribution in [0.25, 0.3) is 0 Å². The number of likely N-dealkylation sites (N-methyl/N-ethyl adjacent to an activating group) is 1. The number of allylic oxidation sites excluding steroid dienone is 3. The quantitative estimate of drug-likeness (QED) is 0.584. The van der Waals surface area contributed by atoms with Gasteiger partial charge < -0.3 is 21.3 Å². The van der Waals surface area contributed by atoms with Gasteiger partial charge in [-0.25, -0.2) is 0 Å². The number of aliphatic hydroxyl groups is 1. The molecule has 3 aliphatic rings. The third-order valence-corrected chi connectivity index (χ3v) is 6.61. The van der Waals surface area contributed by atoms with E-state index in [-0.39, 0.29) is 17.5 Å². The maximum Gasteiger partial charge on any atom is 0.255 e. The summed E-state index contributed by atoms with van der Waals surface area (Å²) in [7, 11) is 4.89. The number of carbonyl (C=O) groups is 3. The number of hydrogen-bond acceptors (Lipinski definition) is 7. The minimum atomic E-state index is -1.40. The number of hydrogen-bond donors (Lipinski definition) is 3. The Labute approximate surface area is 170 Å². The molecule has 0 bridgehead atoms. The van der Waals surface area contributed by atoms with Gasteiger partial charge in [-0.15, -0.1) is 0 Å². The third-order valence-electron chi connectivity index (χ3n) is 6.61. The summed E-state index contributed by atoms with van der Waals surface area (Å²) in [6.45, 7) is 3.57. The molecule has 1 unspecified atom stereocenters. The first-order chi connectivity index (χ1) is 13.5. The number of fused-ring (bicyclic) bond motifs is 2. The van der Waals surface area contributed by atoms with E-state index < -0.39 is 46.4 Å². The van der Waals surface area contributed by atoms with Crippen LogP contribution >= 0.6 is 0 Å². The molecular weight excluding hydrogens is 374 g/mol. The molecule has 5 N–H and O–H groups in total. The molecule has 0 saturated heterocycles. The zero-order valence-corrected chi connectivity index (χ0v) is 17.5. The van der Waals surface area contributed by atoms with Crippen molar-refractivity contribution < 1.29 is 24.2 Å². The highest BCUT2D eigenvalue weighted by atomic mass is 16.5. The summed E-state index contributed by atoms with van der Waals surface area (Å²) in [5, 5.41) is 11.3. The van der Waals surface area contributed by atoms with Crippen LogP contribution in [0, 0.1) is 17.3 Å². The highest BCUT2D eigenvalue weighted by Crippen LogP contribution is 2.59. The first kappa shape index (κ1) is 21.3. The van der Waals surface area contributed by atoms with E-state index in [1.165, 1.54) is 7.11 Å². The highest BCUT2D eigenvalue weighted by molar-refractivity contribution is 6.22. The normalized spacial score (nSPS) is 33.3. The van der Waals surface area contributed by atoms with Crippen LogP contribution in [0.4, 0.5) is 0 Å². The van der Waals surface area contributed by atoms with Crippen molar-refractivity contribution in [1.82, 2.24) is 4.90 Å². The van der Waals surface area contributed by atoms with Crippen LogP contribution in [0.5, 0.6) is 0 Å². The van der Waals surface area contributed by atoms with Gasteiger partial charge in [0.25, 0.3) is 5.91 Å². The molecule has 0 aromatic heterocycles. The zero-order valence-electron chi connectivity index (χ0n) is 17.5. The van der Waals surface area contributed by atoms with Gasteiger partial charge in [-0.2, -0.15) is 0 Å². The summed E-state index contributed by atoms with van der Waals surface area (Å²) in [4.78, 5) is 40.0. The smallest absolute Gasteiger partial charge is 0.255 e. The van der Waals surface area contributed by atoms with Crippen molar-refractivity contribution in [2.24, 2.45) is 28.7 Å². The van der Waals surface area contributed by atoms with Gasteiger partial charge in [-0.05, 0) is 52.8 Å². The fourth-order valence-electron chi connectivity index (χ4n) is 5.62. The van der Waals surface area contributed by atoms with E-state index >= 15 is 0 Å². The Morgan fingerprint density at radius 2 is 2.00 bits per heavy atom. The van der Waals surface area contributed by atoms with Crippen molar-refractivity contribution in [3.05, 3.63) is 34.3 Å². The summed E-state index contributed by atoms with van der Waals surface area (Å²) in [6, 6.07) is -1.49. The van der Waals surface area contributed by atoms with Crippen molar-refractivity contribution in [2.45, 2.75) is 38.8 Å². The molecule has 8 heteroatoms. The zero-order chi connectivity index (χ0) is 21.8. The Morgan fingerprint density at radius 3 is 2.48 bits per heavy atom. The van der Waals surface area contributed by atoms with Crippen molar-refractivity contribution in [3.63, 3.8) is 0 Å². The molecule has 3 aliphatic carbocycles. The van der Waals surface area contributed by atoms with Crippen LogP contribution in [0.15, 0.2) is 34.3 Å². The molecule has 0 aromatic rings. The maximum atomic E-state index is 13.2. The Hall–Kier alpha value is -2.45. The van der Waals surface area contributed by atoms with E-state index in [1.807, 2.05) is 6.92 Å².